The Morgan fingerprint density at radius 2 is 2.18 bits per heavy atom. The van der Waals surface area contributed by atoms with E-state index in [2.05, 4.69) is 5.32 Å². The number of methoxy groups -OCH3 is 1. The summed E-state index contributed by atoms with van der Waals surface area (Å²) in [5.41, 5.74) is 0.940. The first-order chi connectivity index (χ1) is 8.22. The van der Waals surface area contributed by atoms with Crippen molar-refractivity contribution in [1.29, 1.82) is 0 Å². The molecule has 1 aromatic carbocycles. The van der Waals surface area contributed by atoms with Gasteiger partial charge in [0.15, 0.2) is 11.5 Å². The maximum Gasteiger partial charge on any atom is 0.165 e. The van der Waals surface area contributed by atoms with Crippen LogP contribution in [0.15, 0.2) is 12.1 Å². The predicted octanol–water partition coefficient (Wildman–Crippen LogP) is 1.83. The Morgan fingerprint density at radius 3 is 2.76 bits per heavy atom. The minimum atomic E-state index is 0.108. The fraction of sp³-hybridized carbons (Fsp3) is 0.500. The lowest BCUT2D eigenvalue weighted by atomic mass is 10.2. The maximum atomic E-state index is 8.74. The van der Waals surface area contributed by atoms with Crippen LogP contribution < -0.4 is 14.8 Å². The minimum Gasteiger partial charge on any atom is -0.493 e. The standard InChI is InChI=1S/C12H18ClNO3/c1-14-8-9-6-10(13)7-11(16-2)12(9)17-5-3-4-15/h6-7,14-15H,3-5,8H2,1-2H3. The zero-order chi connectivity index (χ0) is 12.7. The van der Waals surface area contributed by atoms with Crippen molar-refractivity contribution in [1.82, 2.24) is 5.32 Å². The van der Waals surface area contributed by atoms with Crippen LogP contribution in [0, 0.1) is 0 Å². The monoisotopic (exact) mass is 259 g/mol. The van der Waals surface area contributed by atoms with Crippen LogP contribution >= 0.6 is 11.6 Å². The van der Waals surface area contributed by atoms with Gasteiger partial charge in [0.05, 0.1) is 13.7 Å². The van der Waals surface area contributed by atoms with Gasteiger partial charge in [0.1, 0.15) is 0 Å². The average Bonchev–Trinajstić information content (AvgIpc) is 2.31. The molecular weight excluding hydrogens is 242 g/mol. The van der Waals surface area contributed by atoms with E-state index in [1.807, 2.05) is 13.1 Å². The van der Waals surface area contributed by atoms with E-state index < -0.39 is 0 Å². The second-order valence-corrected chi connectivity index (χ2v) is 3.99. The molecular formula is C12H18ClNO3. The summed E-state index contributed by atoms with van der Waals surface area (Å²) in [5.74, 6) is 1.29. The molecule has 5 heteroatoms. The number of aliphatic hydroxyl groups is 1. The molecule has 2 N–H and O–H groups in total. The van der Waals surface area contributed by atoms with E-state index in [4.69, 9.17) is 26.2 Å². The molecule has 0 fully saturated rings. The van der Waals surface area contributed by atoms with Gasteiger partial charge >= 0.3 is 0 Å². The van der Waals surface area contributed by atoms with Crippen molar-refractivity contribution in [2.45, 2.75) is 13.0 Å². The lowest BCUT2D eigenvalue weighted by Gasteiger charge is -2.15. The summed E-state index contributed by atoms with van der Waals surface area (Å²) in [7, 11) is 3.43. The summed E-state index contributed by atoms with van der Waals surface area (Å²) in [6.07, 6.45) is 0.588. The Bertz CT molecular complexity index is 358. The van der Waals surface area contributed by atoms with Crippen LogP contribution in [0.25, 0.3) is 0 Å². The molecule has 0 aromatic heterocycles. The van der Waals surface area contributed by atoms with E-state index in [-0.39, 0.29) is 6.61 Å². The van der Waals surface area contributed by atoms with Crippen LogP contribution in [0.1, 0.15) is 12.0 Å². The van der Waals surface area contributed by atoms with E-state index in [0.29, 0.717) is 36.1 Å². The fourth-order valence-electron chi connectivity index (χ4n) is 1.50. The zero-order valence-electron chi connectivity index (χ0n) is 10.1. The van der Waals surface area contributed by atoms with Crippen LogP contribution in [-0.4, -0.2) is 32.5 Å². The highest BCUT2D eigenvalue weighted by Crippen LogP contribution is 2.34. The number of hydrogen-bond acceptors (Lipinski definition) is 4. The molecule has 0 aliphatic rings. The Kier molecular flexibility index (Phi) is 6.11. The average molecular weight is 260 g/mol. The Morgan fingerprint density at radius 1 is 1.41 bits per heavy atom. The second kappa shape index (κ2) is 7.37. The van der Waals surface area contributed by atoms with Crippen molar-refractivity contribution >= 4 is 11.6 Å². The lowest BCUT2D eigenvalue weighted by molar-refractivity contribution is 0.226. The molecule has 0 unspecified atom stereocenters. The van der Waals surface area contributed by atoms with Crippen molar-refractivity contribution in [3.63, 3.8) is 0 Å². The topological polar surface area (TPSA) is 50.7 Å². The quantitative estimate of drug-likeness (QED) is 0.734. The smallest absolute Gasteiger partial charge is 0.165 e. The Balaban J connectivity index is 2.94. The molecule has 1 aromatic rings. The van der Waals surface area contributed by atoms with Gasteiger partial charge in [0, 0.05) is 36.2 Å². The SMILES string of the molecule is CNCc1cc(Cl)cc(OC)c1OCCCO. The molecule has 17 heavy (non-hydrogen) atoms. The molecule has 0 aliphatic carbocycles. The van der Waals surface area contributed by atoms with Crippen molar-refractivity contribution < 1.29 is 14.6 Å². The number of benzene rings is 1. The van der Waals surface area contributed by atoms with E-state index >= 15 is 0 Å². The summed E-state index contributed by atoms with van der Waals surface area (Å²) in [6.45, 7) is 1.20. The van der Waals surface area contributed by atoms with Gasteiger partial charge in [-0.1, -0.05) is 11.6 Å². The summed E-state index contributed by atoms with van der Waals surface area (Å²) in [5, 5.41) is 12.4. The normalized spacial score (nSPS) is 10.4. The van der Waals surface area contributed by atoms with Gasteiger partial charge < -0.3 is 19.9 Å². The summed E-state index contributed by atoms with van der Waals surface area (Å²) >= 11 is 5.99. The van der Waals surface area contributed by atoms with Crippen LogP contribution in [0.2, 0.25) is 5.02 Å². The molecule has 0 saturated heterocycles. The molecule has 0 bridgehead atoms. The Hall–Kier alpha value is -0.970. The third-order valence-electron chi connectivity index (χ3n) is 2.23. The van der Waals surface area contributed by atoms with Crippen molar-refractivity contribution in [3.05, 3.63) is 22.7 Å². The van der Waals surface area contributed by atoms with E-state index in [9.17, 15) is 0 Å². The van der Waals surface area contributed by atoms with Gasteiger partial charge in [-0.15, -0.1) is 0 Å². The van der Waals surface area contributed by atoms with Crippen LogP contribution in [0.4, 0.5) is 0 Å². The highest BCUT2D eigenvalue weighted by molar-refractivity contribution is 6.30. The van der Waals surface area contributed by atoms with Crippen molar-refractivity contribution in [2.24, 2.45) is 0 Å². The first-order valence-corrected chi connectivity index (χ1v) is 5.85. The fourth-order valence-corrected chi connectivity index (χ4v) is 1.73. The predicted molar refractivity (Wildman–Crippen MR) is 68.0 cm³/mol. The molecule has 0 amide bonds. The highest BCUT2D eigenvalue weighted by Gasteiger charge is 2.12. The molecule has 0 heterocycles. The summed E-state index contributed by atoms with van der Waals surface area (Å²) in [6, 6.07) is 3.56. The van der Waals surface area contributed by atoms with Crippen molar-refractivity contribution in [2.75, 3.05) is 27.4 Å². The first-order valence-electron chi connectivity index (χ1n) is 5.47. The van der Waals surface area contributed by atoms with Crippen LogP contribution in [0.3, 0.4) is 0 Å². The van der Waals surface area contributed by atoms with Crippen LogP contribution in [-0.2, 0) is 6.54 Å². The zero-order valence-corrected chi connectivity index (χ0v) is 10.9. The molecule has 0 radical (unpaired) electrons. The summed E-state index contributed by atoms with van der Waals surface area (Å²) < 4.78 is 10.9. The maximum absolute atomic E-state index is 8.74. The second-order valence-electron chi connectivity index (χ2n) is 3.55. The van der Waals surface area contributed by atoms with E-state index in [1.165, 1.54) is 0 Å². The highest BCUT2D eigenvalue weighted by atomic mass is 35.5. The van der Waals surface area contributed by atoms with Crippen LogP contribution in [0.5, 0.6) is 11.5 Å². The molecule has 1 rings (SSSR count). The van der Waals surface area contributed by atoms with Crippen molar-refractivity contribution in [3.8, 4) is 11.5 Å². The third-order valence-corrected chi connectivity index (χ3v) is 2.45. The van der Waals surface area contributed by atoms with Gasteiger partial charge in [0.2, 0.25) is 0 Å². The van der Waals surface area contributed by atoms with Gasteiger partial charge in [-0.05, 0) is 13.1 Å². The van der Waals surface area contributed by atoms with Gasteiger partial charge in [-0.2, -0.15) is 0 Å². The van der Waals surface area contributed by atoms with E-state index in [1.54, 1.807) is 13.2 Å². The molecule has 4 nitrogen and oxygen atoms in total. The number of halogens is 1. The van der Waals surface area contributed by atoms with E-state index in [0.717, 1.165) is 5.56 Å². The first kappa shape index (κ1) is 14.1. The number of hydrogen-bond donors (Lipinski definition) is 2. The molecule has 0 spiro atoms. The summed E-state index contributed by atoms with van der Waals surface area (Å²) in [4.78, 5) is 0. The number of aliphatic hydroxyl groups excluding tert-OH is 1. The van der Waals surface area contributed by atoms with Gasteiger partial charge in [-0.3, -0.25) is 0 Å². The van der Waals surface area contributed by atoms with Gasteiger partial charge in [-0.25, -0.2) is 0 Å². The molecule has 96 valence electrons. The Labute approximate surface area is 106 Å². The number of ether oxygens (including phenoxy) is 2. The van der Waals surface area contributed by atoms with Gasteiger partial charge in [0.25, 0.3) is 0 Å². The third kappa shape index (κ3) is 4.07. The molecule has 0 saturated carbocycles. The lowest BCUT2D eigenvalue weighted by Crippen LogP contribution is -2.09. The minimum absolute atomic E-state index is 0.108. The number of rotatable bonds is 7. The largest absolute Gasteiger partial charge is 0.493 e. The number of nitrogens with one attached hydrogen (secondary N) is 1. The molecule has 0 aliphatic heterocycles. The molecule has 0 atom stereocenters.